The molecule has 3 heterocycles. The first-order valence-corrected chi connectivity index (χ1v) is 12.4. The quantitative estimate of drug-likeness (QED) is 0.288. The Morgan fingerprint density at radius 1 is 1.10 bits per heavy atom. The van der Waals surface area contributed by atoms with Crippen LogP contribution in [0.4, 0.5) is 0 Å². The maximum atomic E-state index is 13.2. The van der Waals surface area contributed by atoms with Crippen molar-refractivity contribution in [1.29, 1.82) is 0 Å². The fraction of sp³-hybridized carbons (Fsp3) is 0.222. The van der Waals surface area contributed by atoms with Gasteiger partial charge in [-0.05, 0) is 71.4 Å². The second-order valence-corrected chi connectivity index (χ2v) is 9.50. The molecule has 2 amide bonds. The second kappa shape index (κ2) is 9.45. The molecule has 0 unspecified atom stereocenters. The number of aromatic nitrogens is 4. The summed E-state index contributed by atoms with van der Waals surface area (Å²) >= 11 is 0. The number of fused-ring (bicyclic) bond motifs is 3. The number of carboxylic acids is 1. The van der Waals surface area contributed by atoms with Crippen molar-refractivity contribution in [3.8, 4) is 0 Å². The number of carboxylic acid groups (broad SMARTS) is 1. The molecule has 0 fully saturated rings. The van der Waals surface area contributed by atoms with Crippen molar-refractivity contribution in [1.82, 2.24) is 30.2 Å². The van der Waals surface area contributed by atoms with Crippen LogP contribution >= 0.6 is 0 Å². The van der Waals surface area contributed by atoms with Crippen molar-refractivity contribution < 1.29 is 28.4 Å². The minimum atomic E-state index is -1.01. The topological polar surface area (TPSA) is 182 Å². The van der Waals surface area contributed by atoms with Crippen LogP contribution in [0.1, 0.15) is 71.9 Å². The third kappa shape index (κ3) is 4.26. The summed E-state index contributed by atoms with van der Waals surface area (Å²) in [6, 6.07) is 9.36. The molecule has 1 atom stereocenters. The van der Waals surface area contributed by atoms with Gasteiger partial charge in [-0.3, -0.25) is 14.1 Å². The van der Waals surface area contributed by atoms with E-state index in [9.17, 15) is 24.3 Å². The standard InChI is InChI=1S/C27H22N6O7/c1-12-15-6-7-18(17(15)5-4-16(12)25(36)37)30-23(34)20-10-21(33-26(31-20)32-40-27(33)38)24(35)28-11-14-3-8-22-19(9-14)29-13(2)39-22/h3-5,8-10,18H,6-7,11H2,1-2H3,(H,28,35)(H,30,34)(H,36,37)/t18-/m0/s1. The summed E-state index contributed by atoms with van der Waals surface area (Å²) in [6.45, 7) is 3.60. The molecule has 3 N–H and O–H groups in total. The van der Waals surface area contributed by atoms with E-state index in [1.165, 1.54) is 12.1 Å². The summed E-state index contributed by atoms with van der Waals surface area (Å²) in [5.41, 5.74) is 4.31. The summed E-state index contributed by atoms with van der Waals surface area (Å²) in [4.78, 5) is 58.6. The van der Waals surface area contributed by atoms with Crippen LogP contribution in [-0.4, -0.2) is 42.4 Å². The van der Waals surface area contributed by atoms with Gasteiger partial charge in [-0.1, -0.05) is 12.1 Å². The van der Waals surface area contributed by atoms with Crippen LogP contribution < -0.4 is 16.4 Å². The third-order valence-electron chi connectivity index (χ3n) is 7.03. The highest BCUT2D eigenvalue weighted by atomic mass is 16.5. The molecule has 0 aliphatic heterocycles. The van der Waals surface area contributed by atoms with E-state index in [1.54, 1.807) is 38.1 Å². The van der Waals surface area contributed by atoms with Gasteiger partial charge in [-0.15, -0.1) is 0 Å². The van der Waals surface area contributed by atoms with E-state index in [4.69, 9.17) is 8.94 Å². The normalized spacial score (nSPS) is 14.4. The molecule has 13 heteroatoms. The predicted octanol–water partition coefficient (Wildman–Crippen LogP) is 2.49. The van der Waals surface area contributed by atoms with Crippen molar-refractivity contribution in [3.05, 3.63) is 92.0 Å². The molecule has 0 spiro atoms. The van der Waals surface area contributed by atoms with E-state index in [0.717, 1.165) is 21.1 Å². The SMILES string of the molecule is Cc1nc2cc(CNC(=O)c3cc(C(=O)N[C@H]4CCc5c4ccc(C(=O)O)c5C)nc4noc(=O)n34)ccc2o1. The zero-order valence-electron chi connectivity index (χ0n) is 21.3. The number of aryl methyl sites for hydroxylation is 1. The van der Waals surface area contributed by atoms with Gasteiger partial charge in [0.2, 0.25) is 0 Å². The Hall–Kier alpha value is -5.33. The number of carbonyl (C=O) groups is 3. The molecule has 6 rings (SSSR count). The van der Waals surface area contributed by atoms with Crippen LogP contribution in [0.15, 0.2) is 50.1 Å². The second-order valence-electron chi connectivity index (χ2n) is 9.50. The lowest BCUT2D eigenvalue weighted by molar-refractivity contribution is 0.0695. The lowest BCUT2D eigenvalue weighted by Crippen LogP contribution is -2.31. The van der Waals surface area contributed by atoms with Gasteiger partial charge in [-0.2, -0.15) is 0 Å². The molecule has 1 aliphatic carbocycles. The van der Waals surface area contributed by atoms with Crippen LogP contribution in [0.5, 0.6) is 0 Å². The summed E-state index contributed by atoms with van der Waals surface area (Å²) in [7, 11) is 0. The molecule has 0 bridgehead atoms. The molecule has 1 aliphatic rings. The van der Waals surface area contributed by atoms with Crippen molar-refractivity contribution in [2.75, 3.05) is 0 Å². The summed E-state index contributed by atoms with van der Waals surface area (Å²) in [5, 5.41) is 18.6. The average Bonchev–Trinajstić information content (AvgIpc) is 3.62. The number of aromatic carboxylic acids is 1. The van der Waals surface area contributed by atoms with E-state index in [-0.39, 0.29) is 35.3 Å². The van der Waals surface area contributed by atoms with Crippen LogP contribution in [0.25, 0.3) is 16.9 Å². The first kappa shape index (κ1) is 25.0. The van der Waals surface area contributed by atoms with Crippen molar-refractivity contribution >= 4 is 34.7 Å². The number of nitrogens with zero attached hydrogens (tertiary/aromatic N) is 4. The highest BCUT2D eigenvalue weighted by Gasteiger charge is 2.29. The van der Waals surface area contributed by atoms with E-state index in [0.29, 0.717) is 35.4 Å². The third-order valence-corrected chi connectivity index (χ3v) is 7.03. The minimum absolute atomic E-state index is 0.114. The van der Waals surface area contributed by atoms with Crippen LogP contribution in [0.2, 0.25) is 0 Å². The van der Waals surface area contributed by atoms with Gasteiger partial charge in [0.25, 0.3) is 17.6 Å². The Balaban J connectivity index is 1.25. The number of hydrogen-bond acceptors (Lipinski definition) is 9. The van der Waals surface area contributed by atoms with Crippen molar-refractivity contribution in [3.63, 3.8) is 0 Å². The molecule has 202 valence electrons. The Morgan fingerprint density at radius 3 is 2.73 bits per heavy atom. The fourth-order valence-corrected chi connectivity index (χ4v) is 5.10. The van der Waals surface area contributed by atoms with E-state index in [1.807, 2.05) is 0 Å². The number of oxazole rings is 1. The van der Waals surface area contributed by atoms with Gasteiger partial charge >= 0.3 is 11.7 Å². The number of benzene rings is 2. The van der Waals surface area contributed by atoms with Gasteiger partial charge in [0.15, 0.2) is 11.5 Å². The fourth-order valence-electron chi connectivity index (χ4n) is 5.10. The molecule has 3 aromatic heterocycles. The van der Waals surface area contributed by atoms with Gasteiger partial charge in [-0.25, -0.2) is 24.0 Å². The number of rotatable bonds is 6. The summed E-state index contributed by atoms with van der Waals surface area (Å²) in [5.74, 6) is -2.88. The van der Waals surface area contributed by atoms with Gasteiger partial charge in [0, 0.05) is 13.5 Å². The molecule has 13 nitrogen and oxygen atoms in total. The van der Waals surface area contributed by atoms with Crippen molar-refractivity contribution in [2.24, 2.45) is 0 Å². The van der Waals surface area contributed by atoms with E-state index in [2.05, 4.69) is 25.8 Å². The number of amides is 2. The van der Waals surface area contributed by atoms with E-state index < -0.39 is 23.5 Å². The Bertz CT molecular complexity index is 1920. The van der Waals surface area contributed by atoms with Crippen LogP contribution in [0.3, 0.4) is 0 Å². The number of hydrogen-bond donors (Lipinski definition) is 3. The summed E-state index contributed by atoms with van der Waals surface area (Å²) in [6.07, 6.45) is 1.17. The Labute approximate surface area is 224 Å². The summed E-state index contributed by atoms with van der Waals surface area (Å²) < 4.78 is 11.1. The van der Waals surface area contributed by atoms with E-state index >= 15 is 0 Å². The smallest absolute Gasteiger partial charge is 0.448 e. The average molecular weight is 543 g/mol. The number of nitrogens with one attached hydrogen (secondary N) is 2. The predicted molar refractivity (Wildman–Crippen MR) is 138 cm³/mol. The minimum Gasteiger partial charge on any atom is -0.478 e. The lowest BCUT2D eigenvalue weighted by Gasteiger charge is -2.15. The van der Waals surface area contributed by atoms with Gasteiger partial charge in [0.1, 0.15) is 16.9 Å². The van der Waals surface area contributed by atoms with Gasteiger partial charge < -0.3 is 20.2 Å². The largest absolute Gasteiger partial charge is 0.478 e. The molecule has 5 aromatic rings. The molecule has 2 aromatic carbocycles. The monoisotopic (exact) mass is 542 g/mol. The van der Waals surface area contributed by atoms with Gasteiger partial charge in [0.05, 0.1) is 11.6 Å². The number of carbonyl (C=O) groups excluding carboxylic acids is 2. The first-order chi connectivity index (χ1) is 19.2. The molecule has 0 radical (unpaired) electrons. The highest BCUT2D eigenvalue weighted by molar-refractivity contribution is 5.98. The maximum Gasteiger partial charge on any atom is 0.448 e. The van der Waals surface area contributed by atoms with Crippen LogP contribution in [-0.2, 0) is 13.0 Å². The first-order valence-electron chi connectivity index (χ1n) is 12.4. The molecular weight excluding hydrogens is 520 g/mol. The Morgan fingerprint density at radius 2 is 1.93 bits per heavy atom. The molecule has 40 heavy (non-hydrogen) atoms. The highest BCUT2D eigenvalue weighted by Crippen LogP contribution is 2.34. The Kier molecular flexibility index (Phi) is 5.90. The zero-order valence-corrected chi connectivity index (χ0v) is 21.3. The molecule has 0 saturated heterocycles. The van der Waals surface area contributed by atoms with Crippen molar-refractivity contribution in [2.45, 2.75) is 39.3 Å². The molecular formula is C27H22N6O7. The van der Waals surface area contributed by atoms with Crippen LogP contribution in [0, 0.1) is 13.8 Å². The zero-order chi connectivity index (χ0) is 28.1. The maximum absolute atomic E-state index is 13.2. The molecule has 0 saturated carbocycles. The lowest BCUT2D eigenvalue weighted by atomic mass is 9.98.